The van der Waals surface area contributed by atoms with Crippen LogP contribution in [0.25, 0.3) is 11.0 Å². The van der Waals surface area contributed by atoms with E-state index in [1.807, 2.05) is 13.0 Å². The predicted octanol–water partition coefficient (Wildman–Crippen LogP) is 2.93. The quantitative estimate of drug-likeness (QED) is 0.788. The summed E-state index contributed by atoms with van der Waals surface area (Å²) in [6.45, 7) is 5.08. The molecular formula is C16H20N4S. The molecule has 4 nitrogen and oxygen atoms in total. The van der Waals surface area contributed by atoms with E-state index in [2.05, 4.69) is 40.1 Å². The van der Waals surface area contributed by atoms with Gasteiger partial charge in [0, 0.05) is 30.8 Å². The van der Waals surface area contributed by atoms with Crippen LogP contribution in [0, 0.1) is 6.92 Å². The number of imidazole rings is 1. The first-order chi connectivity index (χ1) is 10.2. The van der Waals surface area contributed by atoms with E-state index in [0.29, 0.717) is 0 Å². The number of fused-ring (bicyclic) bond motifs is 1. The summed E-state index contributed by atoms with van der Waals surface area (Å²) in [5.41, 5.74) is 9.62. The first kappa shape index (κ1) is 14.2. The van der Waals surface area contributed by atoms with Crippen molar-refractivity contribution >= 4 is 22.4 Å². The first-order valence-corrected chi connectivity index (χ1v) is 8.16. The molecule has 21 heavy (non-hydrogen) atoms. The molecule has 0 aliphatic rings. The number of para-hydroxylation sites is 2. The van der Waals surface area contributed by atoms with Crippen LogP contribution in [0.2, 0.25) is 0 Å². The van der Waals surface area contributed by atoms with Gasteiger partial charge < -0.3 is 10.3 Å². The Labute approximate surface area is 128 Å². The van der Waals surface area contributed by atoms with Crippen LogP contribution in [0.5, 0.6) is 0 Å². The summed E-state index contributed by atoms with van der Waals surface area (Å²) in [7, 11) is 0. The number of aromatic nitrogens is 3. The molecule has 2 heterocycles. The first-order valence-electron chi connectivity index (χ1n) is 7.28. The van der Waals surface area contributed by atoms with Crippen LogP contribution >= 0.6 is 11.3 Å². The Balaban J connectivity index is 1.80. The van der Waals surface area contributed by atoms with E-state index in [4.69, 9.17) is 10.7 Å². The standard InChI is InChI=1S/C16H20N4S/c1-3-20-15-7-5-4-6-14(15)19-16(20)9-12(17)8-13-10-21-11(2)18-13/h4-7,10,12H,3,8-9,17H2,1-2H3. The third kappa shape index (κ3) is 2.99. The van der Waals surface area contributed by atoms with Crippen LogP contribution < -0.4 is 5.73 Å². The second-order valence-electron chi connectivity index (χ2n) is 5.29. The van der Waals surface area contributed by atoms with E-state index in [1.165, 1.54) is 5.52 Å². The van der Waals surface area contributed by atoms with E-state index in [-0.39, 0.29) is 6.04 Å². The van der Waals surface area contributed by atoms with E-state index in [0.717, 1.165) is 41.4 Å². The number of nitrogens with two attached hydrogens (primary N) is 1. The molecule has 0 aliphatic carbocycles. The van der Waals surface area contributed by atoms with Crippen molar-refractivity contribution in [1.29, 1.82) is 0 Å². The Morgan fingerprint density at radius 2 is 2.05 bits per heavy atom. The van der Waals surface area contributed by atoms with Gasteiger partial charge in [-0.15, -0.1) is 11.3 Å². The lowest BCUT2D eigenvalue weighted by molar-refractivity contribution is 0.603. The van der Waals surface area contributed by atoms with Crippen molar-refractivity contribution in [3.8, 4) is 0 Å². The molecule has 0 aliphatic heterocycles. The maximum Gasteiger partial charge on any atom is 0.111 e. The average Bonchev–Trinajstić information content (AvgIpc) is 3.01. The summed E-state index contributed by atoms with van der Waals surface area (Å²) in [5.74, 6) is 1.07. The molecule has 1 unspecified atom stereocenters. The van der Waals surface area contributed by atoms with Crippen molar-refractivity contribution in [3.05, 3.63) is 46.2 Å². The summed E-state index contributed by atoms with van der Waals surface area (Å²) >= 11 is 1.68. The molecule has 0 saturated carbocycles. The maximum absolute atomic E-state index is 6.30. The fourth-order valence-electron chi connectivity index (χ4n) is 2.71. The van der Waals surface area contributed by atoms with Crippen molar-refractivity contribution in [2.75, 3.05) is 0 Å². The molecule has 1 atom stereocenters. The van der Waals surface area contributed by atoms with E-state index in [1.54, 1.807) is 11.3 Å². The minimum absolute atomic E-state index is 0.0496. The number of hydrogen-bond acceptors (Lipinski definition) is 4. The maximum atomic E-state index is 6.30. The topological polar surface area (TPSA) is 56.7 Å². The molecule has 0 fully saturated rings. The number of thiazole rings is 1. The number of benzene rings is 1. The van der Waals surface area contributed by atoms with Crippen molar-refractivity contribution in [2.45, 2.75) is 39.3 Å². The fourth-order valence-corrected chi connectivity index (χ4v) is 3.34. The third-order valence-electron chi connectivity index (χ3n) is 3.63. The molecule has 3 rings (SSSR count). The van der Waals surface area contributed by atoms with Crippen LogP contribution in [0.1, 0.15) is 23.4 Å². The van der Waals surface area contributed by atoms with Gasteiger partial charge in [-0.3, -0.25) is 0 Å². The molecule has 0 radical (unpaired) electrons. The molecule has 0 bridgehead atoms. The lowest BCUT2D eigenvalue weighted by atomic mass is 10.1. The molecule has 1 aromatic carbocycles. The highest BCUT2D eigenvalue weighted by Gasteiger charge is 2.14. The number of hydrogen-bond donors (Lipinski definition) is 1. The second-order valence-corrected chi connectivity index (χ2v) is 6.35. The van der Waals surface area contributed by atoms with Crippen LogP contribution in [-0.2, 0) is 19.4 Å². The van der Waals surface area contributed by atoms with Gasteiger partial charge in [0.25, 0.3) is 0 Å². The summed E-state index contributed by atoms with van der Waals surface area (Å²) in [6, 6.07) is 8.30. The Morgan fingerprint density at radius 3 is 2.76 bits per heavy atom. The number of rotatable bonds is 5. The van der Waals surface area contributed by atoms with Gasteiger partial charge in [-0.2, -0.15) is 0 Å². The summed E-state index contributed by atoms with van der Waals surface area (Å²) in [6.07, 6.45) is 1.58. The van der Waals surface area contributed by atoms with Gasteiger partial charge >= 0.3 is 0 Å². The Bertz CT molecular complexity index is 744. The van der Waals surface area contributed by atoms with Crippen LogP contribution in [0.3, 0.4) is 0 Å². The molecule has 0 saturated heterocycles. The largest absolute Gasteiger partial charge is 0.328 e. The number of aryl methyl sites for hydroxylation is 2. The smallest absolute Gasteiger partial charge is 0.111 e. The van der Waals surface area contributed by atoms with E-state index in [9.17, 15) is 0 Å². The van der Waals surface area contributed by atoms with Crippen LogP contribution in [0.15, 0.2) is 29.6 Å². The molecule has 2 aromatic heterocycles. The highest BCUT2D eigenvalue weighted by molar-refractivity contribution is 7.09. The molecule has 2 N–H and O–H groups in total. The van der Waals surface area contributed by atoms with Gasteiger partial charge in [-0.25, -0.2) is 9.97 Å². The molecule has 0 spiro atoms. The van der Waals surface area contributed by atoms with Crippen molar-refractivity contribution in [2.24, 2.45) is 5.73 Å². The van der Waals surface area contributed by atoms with Crippen LogP contribution in [0.4, 0.5) is 0 Å². The van der Waals surface area contributed by atoms with E-state index < -0.39 is 0 Å². The Hall–Kier alpha value is -1.72. The predicted molar refractivity (Wildman–Crippen MR) is 87.6 cm³/mol. The monoisotopic (exact) mass is 300 g/mol. The van der Waals surface area contributed by atoms with Gasteiger partial charge in [0.2, 0.25) is 0 Å². The minimum atomic E-state index is 0.0496. The normalized spacial score (nSPS) is 12.9. The number of nitrogens with zero attached hydrogens (tertiary/aromatic N) is 3. The van der Waals surface area contributed by atoms with E-state index >= 15 is 0 Å². The Kier molecular flexibility index (Phi) is 4.03. The lowest BCUT2D eigenvalue weighted by Gasteiger charge is -2.11. The molecule has 3 aromatic rings. The van der Waals surface area contributed by atoms with Crippen molar-refractivity contribution in [1.82, 2.24) is 14.5 Å². The zero-order chi connectivity index (χ0) is 14.8. The van der Waals surface area contributed by atoms with Gasteiger partial charge in [0.15, 0.2) is 0 Å². The average molecular weight is 300 g/mol. The summed E-state index contributed by atoms with van der Waals surface area (Å²) in [5, 5.41) is 3.19. The third-order valence-corrected chi connectivity index (χ3v) is 4.45. The van der Waals surface area contributed by atoms with Crippen molar-refractivity contribution in [3.63, 3.8) is 0 Å². The molecular weight excluding hydrogens is 280 g/mol. The zero-order valence-corrected chi connectivity index (χ0v) is 13.2. The SMILES string of the molecule is CCn1c(CC(N)Cc2csc(C)n2)nc2ccccc21. The Morgan fingerprint density at radius 1 is 1.24 bits per heavy atom. The van der Waals surface area contributed by atoms with Crippen molar-refractivity contribution < 1.29 is 0 Å². The van der Waals surface area contributed by atoms with Gasteiger partial charge in [-0.05, 0) is 26.0 Å². The molecule has 110 valence electrons. The molecule has 0 amide bonds. The summed E-state index contributed by atoms with van der Waals surface area (Å²) in [4.78, 5) is 9.22. The van der Waals surface area contributed by atoms with Crippen LogP contribution in [-0.4, -0.2) is 20.6 Å². The zero-order valence-electron chi connectivity index (χ0n) is 12.4. The highest BCUT2D eigenvalue weighted by atomic mass is 32.1. The molecule has 5 heteroatoms. The lowest BCUT2D eigenvalue weighted by Crippen LogP contribution is -2.27. The summed E-state index contributed by atoms with van der Waals surface area (Å²) < 4.78 is 2.25. The van der Waals surface area contributed by atoms with Gasteiger partial charge in [-0.1, -0.05) is 12.1 Å². The van der Waals surface area contributed by atoms with Gasteiger partial charge in [0.05, 0.1) is 21.7 Å². The minimum Gasteiger partial charge on any atom is -0.328 e. The highest BCUT2D eigenvalue weighted by Crippen LogP contribution is 2.18. The van der Waals surface area contributed by atoms with Gasteiger partial charge in [0.1, 0.15) is 5.82 Å². The second kappa shape index (κ2) is 5.95. The fraction of sp³-hybridized carbons (Fsp3) is 0.375.